The number of aryl methyl sites for hydroxylation is 1. The van der Waals surface area contributed by atoms with Gasteiger partial charge < -0.3 is 10.2 Å². The molecule has 40 heavy (non-hydrogen) atoms. The number of halogens is 1. The molecule has 1 N–H and O–H groups in total. The zero-order valence-electron chi connectivity index (χ0n) is 23.3. The van der Waals surface area contributed by atoms with Crippen LogP contribution in [0.5, 0.6) is 0 Å². The van der Waals surface area contributed by atoms with E-state index in [0.717, 1.165) is 29.4 Å². The first-order chi connectivity index (χ1) is 19.1. The monoisotopic (exact) mass is 583 g/mol. The van der Waals surface area contributed by atoms with Crippen LogP contribution in [0.25, 0.3) is 0 Å². The van der Waals surface area contributed by atoms with Crippen molar-refractivity contribution in [3.63, 3.8) is 0 Å². The Hall–Kier alpha value is -3.36. The van der Waals surface area contributed by atoms with Gasteiger partial charge >= 0.3 is 0 Å². The highest BCUT2D eigenvalue weighted by Gasteiger charge is 2.30. The van der Waals surface area contributed by atoms with Crippen LogP contribution in [0.1, 0.15) is 42.9 Å². The molecule has 9 heteroatoms. The van der Waals surface area contributed by atoms with E-state index in [9.17, 15) is 18.0 Å². The van der Waals surface area contributed by atoms with Crippen molar-refractivity contribution in [2.45, 2.75) is 52.1 Å². The van der Waals surface area contributed by atoms with Crippen LogP contribution in [0.4, 0.5) is 5.69 Å². The molecule has 0 aliphatic heterocycles. The second kappa shape index (κ2) is 14.9. The molecular weight excluding hydrogens is 546 g/mol. The lowest BCUT2D eigenvalue weighted by Crippen LogP contribution is -2.50. The molecule has 0 fully saturated rings. The van der Waals surface area contributed by atoms with E-state index in [4.69, 9.17) is 11.6 Å². The second-order valence-electron chi connectivity index (χ2n) is 9.93. The zero-order chi connectivity index (χ0) is 29.1. The Kier molecular flexibility index (Phi) is 11.6. The van der Waals surface area contributed by atoms with E-state index < -0.39 is 16.1 Å². The average molecular weight is 584 g/mol. The van der Waals surface area contributed by atoms with Gasteiger partial charge in [0.2, 0.25) is 21.8 Å². The van der Waals surface area contributed by atoms with Gasteiger partial charge in [0.1, 0.15) is 6.04 Å². The summed E-state index contributed by atoms with van der Waals surface area (Å²) in [6.45, 7) is 4.72. The predicted molar refractivity (Wildman–Crippen MR) is 162 cm³/mol. The Morgan fingerprint density at radius 2 is 1.65 bits per heavy atom. The summed E-state index contributed by atoms with van der Waals surface area (Å²) in [5.74, 6) is -0.455. The Morgan fingerprint density at radius 1 is 0.950 bits per heavy atom. The minimum absolute atomic E-state index is 0.0742. The van der Waals surface area contributed by atoms with Crippen LogP contribution in [0.2, 0.25) is 5.02 Å². The number of anilines is 1. The van der Waals surface area contributed by atoms with Gasteiger partial charge in [-0.3, -0.25) is 13.9 Å². The van der Waals surface area contributed by atoms with Gasteiger partial charge in [0.15, 0.2) is 0 Å². The van der Waals surface area contributed by atoms with Crippen LogP contribution >= 0.6 is 11.6 Å². The standard InChI is InChI=1S/C31H38ClN3O4S/c1-4-18-33-31(37)29(22-25-12-6-5-7-13-25)34(23-26-14-9-15-27(32)21-26)30(36)17-10-19-35(40(3,38)39)28-16-8-11-24(2)20-28/h5-9,11-16,20-21,29H,4,10,17-19,22-23H2,1-3H3,(H,33,37). The van der Waals surface area contributed by atoms with Crippen LogP contribution in [-0.2, 0) is 32.6 Å². The van der Waals surface area contributed by atoms with Crippen LogP contribution in [-0.4, -0.2) is 50.5 Å². The van der Waals surface area contributed by atoms with Gasteiger partial charge in [0, 0.05) is 37.5 Å². The van der Waals surface area contributed by atoms with E-state index >= 15 is 0 Å². The molecule has 1 atom stereocenters. The van der Waals surface area contributed by atoms with Crippen molar-refractivity contribution in [2.24, 2.45) is 0 Å². The Labute approximate surface area is 243 Å². The SMILES string of the molecule is CCCNC(=O)C(Cc1ccccc1)N(Cc1cccc(Cl)c1)C(=O)CCCN(c1cccc(C)c1)S(C)(=O)=O. The summed E-state index contributed by atoms with van der Waals surface area (Å²) in [4.78, 5) is 28.8. The summed E-state index contributed by atoms with van der Waals surface area (Å²) in [6.07, 6.45) is 2.65. The van der Waals surface area contributed by atoms with Crippen molar-refractivity contribution in [2.75, 3.05) is 23.7 Å². The van der Waals surface area contributed by atoms with Gasteiger partial charge in [-0.15, -0.1) is 0 Å². The van der Waals surface area contributed by atoms with Gasteiger partial charge in [-0.05, 0) is 60.7 Å². The fourth-order valence-electron chi connectivity index (χ4n) is 4.54. The van der Waals surface area contributed by atoms with Gasteiger partial charge in [0.05, 0.1) is 11.9 Å². The molecule has 0 heterocycles. The predicted octanol–water partition coefficient (Wildman–Crippen LogP) is 5.36. The van der Waals surface area contributed by atoms with Gasteiger partial charge in [-0.25, -0.2) is 8.42 Å². The van der Waals surface area contributed by atoms with Crippen LogP contribution in [0.3, 0.4) is 0 Å². The van der Waals surface area contributed by atoms with Crippen LogP contribution < -0.4 is 9.62 Å². The fraction of sp³-hybridized carbons (Fsp3) is 0.355. The fourth-order valence-corrected chi connectivity index (χ4v) is 5.71. The first kappa shape index (κ1) is 31.2. The van der Waals surface area contributed by atoms with E-state index in [0.29, 0.717) is 30.1 Å². The number of amides is 2. The van der Waals surface area contributed by atoms with Gasteiger partial charge in [-0.1, -0.05) is 73.1 Å². The lowest BCUT2D eigenvalue weighted by atomic mass is 10.0. The molecule has 2 amide bonds. The molecule has 0 aromatic heterocycles. The highest BCUT2D eigenvalue weighted by molar-refractivity contribution is 7.92. The maximum atomic E-state index is 13.8. The van der Waals surface area contributed by atoms with E-state index in [1.165, 1.54) is 4.31 Å². The third kappa shape index (κ3) is 9.38. The molecule has 3 rings (SSSR count). The van der Waals surface area contributed by atoms with Gasteiger partial charge in [0.25, 0.3) is 0 Å². The molecule has 214 valence electrons. The molecule has 3 aromatic carbocycles. The van der Waals surface area contributed by atoms with Crippen molar-refractivity contribution >= 4 is 39.1 Å². The molecule has 0 radical (unpaired) electrons. The molecule has 0 bridgehead atoms. The average Bonchev–Trinajstić information content (AvgIpc) is 2.91. The Balaban J connectivity index is 1.87. The molecule has 0 saturated carbocycles. The number of hydrogen-bond acceptors (Lipinski definition) is 4. The lowest BCUT2D eigenvalue weighted by molar-refractivity contribution is -0.141. The highest BCUT2D eigenvalue weighted by atomic mass is 35.5. The Bertz CT molecular complexity index is 1380. The second-order valence-corrected chi connectivity index (χ2v) is 12.3. The first-order valence-electron chi connectivity index (χ1n) is 13.5. The number of sulfonamides is 1. The summed E-state index contributed by atoms with van der Waals surface area (Å²) < 4.78 is 26.5. The summed E-state index contributed by atoms with van der Waals surface area (Å²) in [5.41, 5.74) is 3.24. The number of hydrogen-bond donors (Lipinski definition) is 1. The first-order valence-corrected chi connectivity index (χ1v) is 15.7. The molecule has 0 saturated heterocycles. The van der Waals surface area contributed by atoms with Gasteiger partial charge in [-0.2, -0.15) is 0 Å². The molecule has 0 aliphatic carbocycles. The normalized spacial score (nSPS) is 12.0. The molecular formula is C31H38ClN3O4S. The number of carbonyl (C=O) groups is 2. The summed E-state index contributed by atoms with van der Waals surface area (Å²) in [6, 6.07) is 23.4. The van der Waals surface area contributed by atoms with E-state index in [-0.39, 0.29) is 31.3 Å². The lowest BCUT2D eigenvalue weighted by Gasteiger charge is -2.32. The van der Waals surface area contributed by atoms with Crippen molar-refractivity contribution in [3.8, 4) is 0 Å². The highest BCUT2D eigenvalue weighted by Crippen LogP contribution is 2.22. The smallest absolute Gasteiger partial charge is 0.243 e. The zero-order valence-corrected chi connectivity index (χ0v) is 24.9. The number of carbonyl (C=O) groups excluding carboxylic acids is 2. The number of rotatable bonds is 14. The minimum atomic E-state index is -3.56. The number of nitrogens with one attached hydrogen (secondary N) is 1. The third-order valence-corrected chi connectivity index (χ3v) is 7.93. The van der Waals surface area contributed by atoms with Crippen molar-refractivity contribution < 1.29 is 18.0 Å². The van der Waals surface area contributed by atoms with E-state index in [1.54, 1.807) is 23.1 Å². The van der Waals surface area contributed by atoms with E-state index in [2.05, 4.69) is 5.32 Å². The maximum Gasteiger partial charge on any atom is 0.243 e. The van der Waals surface area contributed by atoms with E-state index in [1.807, 2.05) is 74.5 Å². The quantitative estimate of drug-likeness (QED) is 0.277. The largest absolute Gasteiger partial charge is 0.354 e. The summed E-state index contributed by atoms with van der Waals surface area (Å²) >= 11 is 6.23. The summed E-state index contributed by atoms with van der Waals surface area (Å²) in [7, 11) is -3.56. The molecule has 3 aromatic rings. The molecule has 7 nitrogen and oxygen atoms in total. The minimum Gasteiger partial charge on any atom is -0.354 e. The van der Waals surface area contributed by atoms with Crippen LogP contribution in [0, 0.1) is 6.92 Å². The molecule has 0 spiro atoms. The topological polar surface area (TPSA) is 86.8 Å². The molecule has 0 aliphatic rings. The van der Waals surface area contributed by atoms with Crippen molar-refractivity contribution in [1.29, 1.82) is 0 Å². The maximum absolute atomic E-state index is 13.8. The van der Waals surface area contributed by atoms with Crippen molar-refractivity contribution in [3.05, 3.63) is 101 Å². The van der Waals surface area contributed by atoms with Crippen molar-refractivity contribution in [1.82, 2.24) is 10.2 Å². The Morgan fingerprint density at radius 3 is 2.30 bits per heavy atom. The number of benzene rings is 3. The molecule has 1 unspecified atom stereocenters. The third-order valence-electron chi connectivity index (χ3n) is 6.50. The summed E-state index contributed by atoms with van der Waals surface area (Å²) in [5, 5.41) is 3.50. The number of nitrogens with zero attached hydrogens (tertiary/aromatic N) is 2. The van der Waals surface area contributed by atoms with Crippen LogP contribution in [0.15, 0.2) is 78.9 Å².